The Morgan fingerprint density at radius 1 is 1.39 bits per heavy atom. The van der Waals surface area contributed by atoms with Crippen LogP contribution in [0.3, 0.4) is 0 Å². The first-order valence-electron chi connectivity index (χ1n) is 8.31. The molecule has 2 aromatic heterocycles. The lowest BCUT2D eigenvalue weighted by Gasteiger charge is -2.50. The monoisotopic (exact) mass is 316 g/mol. The van der Waals surface area contributed by atoms with Crippen molar-refractivity contribution in [1.29, 1.82) is 0 Å². The topological polar surface area (TPSA) is 74.1 Å². The van der Waals surface area contributed by atoms with E-state index in [0.29, 0.717) is 5.92 Å². The highest BCUT2D eigenvalue weighted by molar-refractivity contribution is 5.20. The van der Waals surface area contributed by atoms with Crippen LogP contribution in [0.1, 0.15) is 35.7 Å². The summed E-state index contributed by atoms with van der Waals surface area (Å²) in [5.41, 5.74) is 2.59. The zero-order chi connectivity index (χ0) is 16.0. The minimum Gasteiger partial charge on any atom is -0.364 e. The van der Waals surface area contributed by atoms with Gasteiger partial charge < -0.3 is 9.42 Å². The van der Waals surface area contributed by atoms with E-state index in [4.69, 9.17) is 4.52 Å². The Bertz CT molecular complexity index is 686. The average Bonchev–Trinajstić information content (AvgIpc) is 3.17. The van der Waals surface area contributed by atoms with Crippen LogP contribution in [-0.4, -0.2) is 63.4 Å². The summed E-state index contributed by atoms with van der Waals surface area (Å²) in [5, 5.41) is 11.5. The fraction of sp³-hybridized carbons (Fsp3) is 0.688. The van der Waals surface area contributed by atoms with Crippen molar-refractivity contribution in [3.05, 3.63) is 29.2 Å². The number of nitrogens with zero attached hydrogens (tertiary/aromatic N) is 5. The average molecular weight is 316 g/mol. The van der Waals surface area contributed by atoms with E-state index in [9.17, 15) is 0 Å². The molecule has 7 heteroatoms. The quantitative estimate of drug-likeness (QED) is 0.913. The first kappa shape index (κ1) is 14.8. The van der Waals surface area contributed by atoms with Crippen molar-refractivity contribution >= 4 is 0 Å². The molecule has 0 aliphatic carbocycles. The van der Waals surface area contributed by atoms with Gasteiger partial charge >= 0.3 is 0 Å². The Hall–Kier alpha value is -1.73. The van der Waals surface area contributed by atoms with Crippen LogP contribution in [0.2, 0.25) is 0 Å². The van der Waals surface area contributed by atoms with Gasteiger partial charge in [0.25, 0.3) is 0 Å². The van der Waals surface area contributed by atoms with Crippen LogP contribution in [-0.2, 0) is 13.0 Å². The third-order valence-corrected chi connectivity index (χ3v) is 5.28. The molecule has 0 bridgehead atoms. The first-order chi connectivity index (χ1) is 11.1. The lowest BCUT2D eigenvalue weighted by atomic mass is 9.71. The molecular weight excluding hydrogens is 292 g/mol. The number of likely N-dealkylation sites (N-methyl/N-ethyl adjacent to an activating group) is 1. The first-order valence-corrected chi connectivity index (χ1v) is 8.31. The molecule has 0 radical (unpaired) electrons. The number of likely N-dealkylation sites (tertiary alicyclic amines) is 2. The number of aromatic amines is 1. The Kier molecular flexibility index (Phi) is 3.50. The number of nitrogens with one attached hydrogen (secondary N) is 1. The molecule has 0 saturated carbocycles. The molecule has 2 saturated heterocycles. The van der Waals surface area contributed by atoms with Crippen LogP contribution in [0.25, 0.3) is 0 Å². The highest BCUT2D eigenvalue weighted by Gasteiger charge is 2.55. The molecule has 0 aromatic carbocycles. The van der Waals surface area contributed by atoms with E-state index in [2.05, 4.69) is 44.1 Å². The Labute approximate surface area is 136 Å². The number of rotatable bonds is 4. The number of aryl methyl sites for hydroxylation is 2. The molecule has 2 aliphatic rings. The summed E-state index contributed by atoms with van der Waals surface area (Å²) in [6.45, 7) is 9.34. The van der Waals surface area contributed by atoms with Gasteiger partial charge in [0.05, 0.1) is 5.69 Å². The summed E-state index contributed by atoms with van der Waals surface area (Å²) in [4.78, 5) is 9.49. The second-order valence-electron chi connectivity index (χ2n) is 7.18. The van der Waals surface area contributed by atoms with Crippen molar-refractivity contribution in [1.82, 2.24) is 30.1 Å². The maximum absolute atomic E-state index is 5.12. The van der Waals surface area contributed by atoms with Crippen molar-refractivity contribution in [2.45, 2.75) is 32.7 Å². The van der Waals surface area contributed by atoms with E-state index in [1.807, 2.05) is 6.92 Å². The molecule has 1 spiro atoms. The molecule has 2 aliphatic heterocycles. The van der Waals surface area contributed by atoms with Crippen molar-refractivity contribution in [2.24, 2.45) is 5.41 Å². The van der Waals surface area contributed by atoms with Crippen LogP contribution in [0.4, 0.5) is 0 Å². The maximum Gasteiger partial charge on any atom is 0.155 e. The molecule has 0 amide bonds. The molecule has 1 atom stereocenters. The summed E-state index contributed by atoms with van der Waals surface area (Å²) in [5.74, 6) is 2.30. The van der Waals surface area contributed by atoms with Crippen LogP contribution in [0.15, 0.2) is 10.8 Å². The van der Waals surface area contributed by atoms with Gasteiger partial charge in [-0.2, -0.15) is 5.10 Å². The second-order valence-corrected chi connectivity index (χ2v) is 7.18. The molecule has 4 heterocycles. The molecule has 2 fully saturated rings. The lowest BCUT2D eigenvalue weighted by molar-refractivity contribution is -0.00966. The molecule has 7 nitrogen and oxygen atoms in total. The zero-order valence-electron chi connectivity index (χ0n) is 14.0. The number of hydrogen-bond acceptors (Lipinski definition) is 6. The van der Waals surface area contributed by atoms with Crippen molar-refractivity contribution < 1.29 is 4.52 Å². The SMILES string of the molecule is CCc1nocc1CN1CC2(CN(C)CC2c2n[nH]c(C)n2)C1. The molecule has 1 N–H and O–H groups in total. The van der Waals surface area contributed by atoms with Crippen LogP contribution in [0, 0.1) is 12.3 Å². The van der Waals surface area contributed by atoms with Gasteiger partial charge in [-0.25, -0.2) is 4.98 Å². The number of aromatic nitrogens is 4. The molecule has 2 aromatic rings. The van der Waals surface area contributed by atoms with Gasteiger partial charge in [-0.3, -0.25) is 10.00 Å². The Balaban J connectivity index is 1.47. The third kappa shape index (κ3) is 2.48. The highest BCUT2D eigenvalue weighted by Crippen LogP contribution is 2.48. The molecular formula is C16H24N6O. The van der Waals surface area contributed by atoms with Crippen LogP contribution in [0.5, 0.6) is 0 Å². The van der Waals surface area contributed by atoms with E-state index in [-0.39, 0.29) is 5.41 Å². The minimum atomic E-state index is 0.285. The second kappa shape index (κ2) is 5.42. The summed E-state index contributed by atoms with van der Waals surface area (Å²) < 4.78 is 5.12. The molecule has 124 valence electrons. The van der Waals surface area contributed by atoms with E-state index in [0.717, 1.165) is 56.5 Å². The van der Waals surface area contributed by atoms with E-state index in [1.165, 1.54) is 5.56 Å². The lowest BCUT2D eigenvalue weighted by Crippen LogP contribution is -2.59. The van der Waals surface area contributed by atoms with E-state index < -0.39 is 0 Å². The van der Waals surface area contributed by atoms with Crippen LogP contribution >= 0.6 is 0 Å². The standard InChI is InChI=1S/C16H24N6O/c1-4-14-12(7-23-20-14)5-22-9-16(10-22)8-21(3)6-13(16)15-17-11(2)18-19-15/h7,13H,4-6,8-10H2,1-3H3,(H,17,18,19). The zero-order valence-corrected chi connectivity index (χ0v) is 14.0. The largest absolute Gasteiger partial charge is 0.364 e. The number of H-pyrrole nitrogens is 1. The Morgan fingerprint density at radius 3 is 2.91 bits per heavy atom. The summed E-state index contributed by atoms with van der Waals surface area (Å²) in [6, 6.07) is 0. The van der Waals surface area contributed by atoms with E-state index in [1.54, 1.807) is 6.26 Å². The Morgan fingerprint density at radius 2 is 2.22 bits per heavy atom. The predicted octanol–water partition coefficient (Wildman–Crippen LogP) is 1.19. The van der Waals surface area contributed by atoms with Gasteiger partial charge in [-0.15, -0.1) is 0 Å². The smallest absolute Gasteiger partial charge is 0.155 e. The minimum absolute atomic E-state index is 0.285. The van der Waals surface area contributed by atoms with E-state index >= 15 is 0 Å². The van der Waals surface area contributed by atoms with Gasteiger partial charge in [-0.05, 0) is 20.4 Å². The maximum atomic E-state index is 5.12. The van der Waals surface area contributed by atoms with Gasteiger partial charge in [0, 0.05) is 49.6 Å². The van der Waals surface area contributed by atoms with Gasteiger partial charge in [0.1, 0.15) is 12.1 Å². The highest BCUT2D eigenvalue weighted by atomic mass is 16.5. The third-order valence-electron chi connectivity index (χ3n) is 5.28. The summed E-state index contributed by atoms with van der Waals surface area (Å²) in [7, 11) is 2.19. The van der Waals surface area contributed by atoms with Crippen molar-refractivity contribution in [2.75, 3.05) is 33.2 Å². The summed E-state index contributed by atoms with van der Waals surface area (Å²) >= 11 is 0. The van der Waals surface area contributed by atoms with Crippen LogP contribution < -0.4 is 0 Å². The van der Waals surface area contributed by atoms with Gasteiger partial charge in [0.2, 0.25) is 0 Å². The molecule has 4 rings (SSSR count). The normalized spacial score (nSPS) is 24.4. The summed E-state index contributed by atoms with van der Waals surface area (Å²) in [6.07, 6.45) is 2.72. The number of hydrogen-bond donors (Lipinski definition) is 1. The molecule has 1 unspecified atom stereocenters. The van der Waals surface area contributed by atoms with Gasteiger partial charge in [-0.1, -0.05) is 12.1 Å². The fourth-order valence-corrected chi connectivity index (χ4v) is 4.31. The van der Waals surface area contributed by atoms with Crippen molar-refractivity contribution in [3.63, 3.8) is 0 Å². The fourth-order valence-electron chi connectivity index (χ4n) is 4.31. The van der Waals surface area contributed by atoms with Gasteiger partial charge in [0.15, 0.2) is 5.82 Å². The molecule has 23 heavy (non-hydrogen) atoms. The van der Waals surface area contributed by atoms with Crippen molar-refractivity contribution in [3.8, 4) is 0 Å². The predicted molar refractivity (Wildman–Crippen MR) is 84.9 cm³/mol.